The molecular formula is C36H27Cl2N3O6S2. The van der Waals surface area contributed by atoms with Gasteiger partial charge in [0.05, 0.1) is 24.3 Å². The van der Waals surface area contributed by atoms with Crippen molar-refractivity contribution in [1.82, 2.24) is 10.2 Å². The molecule has 1 aromatic heterocycles. The van der Waals surface area contributed by atoms with Crippen LogP contribution in [0.1, 0.15) is 44.2 Å². The van der Waals surface area contributed by atoms with Crippen molar-refractivity contribution in [3.05, 3.63) is 140 Å². The predicted molar refractivity (Wildman–Crippen MR) is 190 cm³/mol. The van der Waals surface area contributed by atoms with E-state index in [1.165, 1.54) is 35.9 Å². The third-order valence-electron chi connectivity index (χ3n) is 7.68. The fraction of sp³-hybridized carbons (Fsp3) is 0.139. The monoisotopic (exact) mass is 731 g/mol. The first-order valence-electron chi connectivity index (χ1n) is 14.8. The van der Waals surface area contributed by atoms with E-state index in [0.29, 0.717) is 43.6 Å². The molecule has 0 bridgehead atoms. The molecule has 1 unspecified atom stereocenters. The Kier molecular flexibility index (Phi) is 10.4. The highest BCUT2D eigenvalue weighted by Gasteiger charge is 2.48. The molecule has 2 heterocycles. The number of aliphatic hydroxyl groups is 1. The van der Waals surface area contributed by atoms with E-state index in [9.17, 15) is 19.5 Å². The first-order valence-corrected chi connectivity index (χ1v) is 17.4. The molecule has 5 aromatic rings. The minimum atomic E-state index is -1.07. The number of nitrogens with zero attached hydrogens (tertiary/aromatic N) is 3. The van der Waals surface area contributed by atoms with Crippen molar-refractivity contribution in [2.24, 2.45) is 0 Å². The Hall–Kier alpha value is -4.68. The van der Waals surface area contributed by atoms with Crippen LogP contribution in [0.3, 0.4) is 0 Å². The fourth-order valence-electron chi connectivity index (χ4n) is 5.23. The van der Waals surface area contributed by atoms with Crippen LogP contribution in [0.25, 0.3) is 5.76 Å². The molecule has 9 nitrogen and oxygen atoms in total. The highest BCUT2D eigenvalue weighted by Crippen LogP contribution is 2.44. The van der Waals surface area contributed by atoms with Crippen LogP contribution in [0.4, 0.5) is 5.13 Å². The zero-order valence-electron chi connectivity index (χ0n) is 26.1. The lowest BCUT2D eigenvalue weighted by atomic mass is 9.94. The van der Waals surface area contributed by atoms with Gasteiger partial charge < -0.3 is 14.6 Å². The van der Waals surface area contributed by atoms with Crippen molar-refractivity contribution >= 4 is 74.9 Å². The summed E-state index contributed by atoms with van der Waals surface area (Å²) in [6.45, 7) is 2.36. The Morgan fingerprint density at radius 2 is 1.69 bits per heavy atom. The van der Waals surface area contributed by atoms with Gasteiger partial charge in [0.1, 0.15) is 18.1 Å². The van der Waals surface area contributed by atoms with E-state index in [-0.39, 0.29) is 22.0 Å². The number of thioether (sulfide) groups is 1. The van der Waals surface area contributed by atoms with E-state index in [1.807, 2.05) is 37.3 Å². The lowest BCUT2D eigenvalue weighted by Crippen LogP contribution is -2.29. The summed E-state index contributed by atoms with van der Waals surface area (Å²) in [5.74, 6) is -1.66. The summed E-state index contributed by atoms with van der Waals surface area (Å²) < 4.78 is 11.3. The van der Waals surface area contributed by atoms with Crippen LogP contribution in [0, 0.1) is 6.92 Å². The van der Waals surface area contributed by atoms with Gasteiger partial charge in [-0.15, -0.1) is 10.2 Å². The van der Waals surface area contributed by atoms with Crippen LogP contribution >= 0.6 is 46.3 Å². The van der Waals surface area contributed by atoms with Crippen molar-refractivity contribution in [2.45, 2.75) is 29.7 Å². The molecule has 6 rings (SSSR count). The Balaban J connectivity index is 1.32. The molecule has 1 N–H and O–H groups in total. The Bertz CT molecular complexity index is 2080. The Morgan fingerprint density at radius 1 is 0.959 bits per heavy atom. The smallest absolute Gasteiger partial charge is 0.337 e. The molecule has 0 radical (unpaired) electrons. The number of aromatic nitrogens is 2. The van der Waals surface area contributed by atoms with Crippen molar-refractivity contribution < 1.29 is 29.0 Å². The standard InChI is InChI=1S/C36H27Cl2N3O6S2/c1-20-4-3-5-21(16-20)18-47-27-14-11-23(12-15-27)31(42)29-30(22-6-8-24(9-7-22)34(45)46-2)41(33(44)32(29)43)35-39-40-36(49-35)48-19-25-10-13-26(37)17-28(25)38/h3-17,30,42H,18-19H2,1-2H3. The number of ketones is 1. The molecule has 1 atom stereocenters. The number of aliphatic hydroxyl groups excluding tert-OH is 1. The molecule has 0 saturated carbocycles. The average molecular weight is 733 g/mol. The van der Waals surface area contributed by atoms with Crippen LogP contribution in [0.15, 0.2) is 101 Å². The van der Waals surface area contributed by atoms with E-state index in [0.717, 1.165) is 28.0 Å². The molecule has 13 heteroatoms. The predicted octanol–water partition coefficient (Wildman–Crippen LogP) is 8.44. The Labute approximate surface area is 300 Å². The fourth-order valence-corrected chi connectivity index (χ4v) is 7.66. The van der Waals surface area contributed by atoms with Crippen LogP contribution < -0.4 is 9.64 Å². The maximum atomic E-state index is 13.7. The lowest BCUT2D eigenvalue weighted by Gasteiger charge is -2.22. The van der Waals surface area contributed by atoms with Crippen LogP contribution in [-0.4, -0.2) is 40.1 Å². The minimum Gasteiger partial charge on any atom is -0.507 e. The summed E-state index contributed by atoms with van der Waals surface area (Å²) in [5.41, 5.74) is 3.89. The number of benzene rings is 4. The molecule has 1 aliphatic rings. The summed E-state index contributed by atoms with van der Waals surface area (Å²) in [6, 6.07) is 25.0. The first kappa shape index (κ1) is 34.2. The van der Waals surface area contributed by atoms with Gasteiger partial charge in [-0.3, -0.25) is 14.5 Å². The topological polar surface area (TPSA) is 119 Å². The maximum Gasteiger partial charge on any atom is 0.337 e. The maximum absolute atomic E-state index is 13.7. The number of anilines is 1. The second-order valence-corrected chi connectivity index (χ2v) is 14.0. The van der Waals surface area contributed by atoms with Crippen molar-refractivity contribution in [3.8, 4) is 5.75 Å². The summed E-state index contributed by atoms with van der Waals surface area (Å²) in [4.78, 5) is 40.7. The second kappa shape index (κ2) is 14.8. The normalized spacial score (nSPS) is 15.4. The van der Waals surface area contributed by atoms with E-state index < -0.39 is 23.7 Å². The summed E-state index contributed by atoms with van der Waals surface area (Å²) in [7, 11) is 1.27. The molecular weight excluding hydrogens is 705 g/mol. The van der Waals surface area contributed by atoms with Gasteiger partial charge in [0.2, 0.25) is 5.13 Å². The number of esters is 1. The van der Waals surface area contributed by atoms with Crippen molar-refractivity contribution in [1.29, 1.82) is 0 Å². The number of aryl methyl sites for hydroxylation is 1. The Morgan fingerprint density at radius 3 is 2.39 bits per heavy atom. The van der Waals surface area contributed by atoms with Crippen LogP contribution in [-0.2, 0) is 26.7 Å². The second-order valence-electron chi connectivity index (χ2n) is 11.0. The van der Waals surface area contributed by atoms with Crippen LogP contribution in [0.2, 0.25) is 10.0 Å². The molecule has 1 aliphatic heterocycles. The highest BCUT2D eigenvalue weighted by molar-refractivity contribution is 8.00. The largest absolute Gasteiger partial charge is 0.507 e. The van der Waals surface area contributed by atoms with Gasteiger partial charge in [-0.1, -0.05) is 94.3 Å². The van der Waals surface area contributed by atoms with Crippen molar-refractivity contribution in [2.75, 3.05) is 12.0 Å². The molecule has 0 aliphatic carbocycles. The zero-order chi connectivity index (χ0) is 34.7. The average Bonchev–Trinajstić information content (AvgIpc) is 3.68. The third-order valence-corrected chi connectivity index (χ3v) is 10.4. The van der Waals surface area contributed by atoms with E-state index in [2.05, 4.69) is 10.2 Å². The van der Waals surface area contributed by atoms with Crippen molar-refractivity contribution in [3.63, 3.8) is 0 Å². The van der Waals surface area contributed by atoms with Gasteiger partial charge in [-0.05, 0) is 72.1 Å². The van der Waals surface area contributed by atoms with Gasteiger partial charge in [0.15, 0.2) is 4.34 Å². The quantitative estimate of drug-likeness (QED) is 0.0377. The molecule has 1 amide bonds. The molecule has 49 heavy (non-hydrogen) atoms. The van der Waals surface area contributed by atoms with Gasteiger partial charge in [0.25, 0.3) is 5.78 Å². The number of carbonyl (C=O) groups excluding carboxylic acids is 3. The van der Waals surface area contributed by atoms with Crippen LogP contribution in [0.5, 0.6) is 5.75 Å². The third kappa shape index (κ3) is 7.50. The zero-order valence-corrected chi connectivity index (χ0v) is 29.2. The van der Waals surface area contributed by atoms with Gasteiger partial charge in [-0.25, -0.2) is 4.79 Å². The van der Waals surface area contributed by atoms with Gasteiger partial charge >= 0.3 is 11.9 Å². The van der Waals surface area contributed by atoms with E-state index in [1.54, 1.807) is 48.5 Å². The van der Waals surface area contributed by atoms with E-state index in [4.69, 9.17) is 32.7 Å². The number of ether oxygens (including phenoxy) is 2. The van der Waals surface area contributed by atoms with Gasteiger partial charge in [-0.2, -0.15) is 0 Å². The highest BCUT2D eigenvalue weighted by atomic mass is 35.5. The molecule has 0 spiro atoms. The number of methoxy groups -OCH3 is 1. The summed E-state index contributed by atoms with van der Waals surface area (Å²) in [5, 5.41) is 21.3. The lowest BCUT2D eigenvalue weighted by molar-refractivity contribution is -0.132. The molecule has 248 valence electrons. The number of hydrogen-bond donors (Lipinski definition) is 1. The molecule has 1 fully saturated rings. The molecule has 1 saturated heterocycles. The number of amides is 1. The number of halogens is 2. The molecule has 4 aromatic carbocycles. The SMILES string of the molecule is COC(=O)c1ccc(C2C(=C(O)c3ccc(OCc4cccc(C)c4)cc3)C(=O)C(=O)N2c2nnc(SCc3ccc(Cl)cc3Cl)s2)cc1. The number of rotatable bonds is 10. The van der Waals surface area contributed by atoms with Gasteiger partial charge in [0, 0.05) is 21.4 Å². The minimum absolute atomic E-state index is 0.137. The summed E-state index contributed by atoms with van der Waals surface area (Å²) >= 11 is 14.8. The summed E-state index contributed by atoms with van der Waals surface area (Å²) in [6.07, 6.45) is 0. The van der Waals surface area contributed by atoms with E-state index >= 15 is 0 Å². The number of Topliss-reactive ketones (excluding diaryl/α,β-unsaturated/α-hetero) is 1. The number of hydrogen-bond acceptors (Lipinski definition) is 10. The number of carbonyl (C=O) groups is 3. The first-order chi connectivity index (χ1) is 23.6.